The first-order chi connectivity index (χ1) is 13.0. The lowest BCUT2D eigenvalue weighted by Crippen LogP contribution is -2.22. The number of nitrogens with one attached hydrogen (secondary N) is 1. The second-order valence-electron chi connectivity index (χ2n) is 5.85. The molecule has 2 N–H and O–H groups in total. The van der Waals surface area contributed by atoms with E-state index in [1.165, 1.54) is 23.5 Å². The van der Waals surface area contributed by atoms with Crippen LogP contribution < -0.4 is 10.1 Å². The number of carbonyl (C=O) groups excluding carboxylic acids is 1. The Morgan fingerprint density at radius 1 is 1.19 bits per heavy atom. The topological polar surface area (TPSA) is 88.5 Å². The molecule has 27 heavy (non-hydrogen) atoms. The Hall–Kier alpha value is -3.19. The van der Waals surface area contributed by atoms with E-state index in [0.29, 0.717) is 17.1 Å². The van der Waals surface area contributed by atoms with Crippen LogP contribution in [0.25, 0.3) is 10.6 Å². The van der Waals surface area contributed by atoms with Gasteiger partial charge in [-0.2, -0.15) is 0 Å². The standard InChI is InChI=1S/C20H18N2O4S/c1-12-17(27-19(22-12)15-4-3-5-16(10-15)26-2)18(23)21-11-13-6-8-14(9-7-13)20(24)25/h3-10H,11H2,1-2H3,(H,21,23)(H,24,25). The molecular weight excluding hydrogens is 364 g/mol. The molecule has 0 saturated carbocycles. The molecule has 3 aromatic rings. The number of hydrogen-bond acceptors (Lipinski definition) is 5. The number of benzene rings is 2. The van der Waals surface area contributed by atoms with Gasteiger partial charge in [-0.1, -0.05) is 24.3 Å². The fourth-order valence-corrected chi connectivity index (χ4v) is 3.49. The van der Waals surface area contributed by atoms with Crippen LogP contribution in [-0.2, 0) is 6.54 Å². The number of aromatic nitrogens is 1. The van der Waals surface area contributed by atoms with Crippen molar-refractivity contribution in [1.82, 2.24) is 10.3 Å². The van der Waals surface area contributed by atoms with E-state index >= 15 is 0 Å². The fourth-order valence-electron chi connectivity index (χ4n) is 2.51. The largest absolute Gasteiger partial charge is 0.497 e. The molecule has 138 valence electrons. The molecule has 3 rings (SSSR count). The lowest BCUT2D eigenvalue weighted by atomic mass is 10.1. The van der Waals surface area contributed by atoms with E-state index in [-0.39, 0.29) is 11.5 Å². The number of rotatable bonds is 6. The van der Waals surface area contributed by atoms with Gasteiger partial charge in [0.1, 0.15) is 15.6 Å². The number of carboxylic acids is 1. The normalized spacial score (nSPS) is 10.4. The van der Waals surface area contributed by atoms with Gasteiger partial charge >= 0.3 is 5.97 Å². The summed E-state index contributed by atoms with van der Waals surface area (Å²) in [5.74, 6) is -0.450. The van der Waals surface area contributed by atoms with E-state index in [9.17, 15) is 9.59 Å². The van der Waals surface area contributed by atoms with Crippen molar-refractivity contribution in [2.75, 3.05) is 7.11 Å². The Labute approximate surface area is 160 Å². The third kappa shape index (κ3) is 4.32. The molecule has 7 heteroatoms. The molecule has 0 aliphatic rings. The number of hydrogen-bond donors (Lipinski definition) is 2. The van der Waals surface area contributed by atoms with E-state index in [1.807, 2.05) is 24.3 Å². The molecule has 1 heterocycles. The molecule has 0 aliphatic carbocycles. The summed E-state index contributed by atoms with van der Waals surface area (Å²) in [7, 11) is 1.61. The Morgan fingerprint density at radius 2 is 1.93 bits per heavy atom. The molecule has 1 aromatic heterocycles. The highest BCUT2D eigenvalue weighted by Crippen LogP contribution is 2.30. The van der Waals surface area contributed by atoms with Crippen molar-refractivity contribution in [2.24, 2.45) is 0 Å². The van der Waals surface area contributed by atoms with Gasteiger partial charge in [-0.15, -0.1) is 11.3 Å². The zero-order valence-electron chi connectivity index (χ0n) is 14.9. The summed E-state index contributed by atoms with van der Waals surface area (Å²) in [6.07, 6.45) is 0. The molecule has 0 atom stereocenters. The average Bonchev–Trinajstić information content (AvgIpc) is 3.08. The lowest BCUT2D eigenvalue weighted by molar-refractivity contribution is 0.0696. The molecule has 0 aliphatic heterocycles. The zero-order valence-corrected chi connectivity index (χ0v) is 15.7. The number of ether oxygens (including phenoxy) is 1. The van der Waals surface area contributed by atoms with Gasteiger partial charge in [0.15, 0.2) is 0 Å². The predicted octanol–water partition coefficient (Wildman–Crippen LogP) is 3.76. The van der Waals surface area contributed by atoms with Crippen LogP contribution in [0.1, 0.15) is 31.3 Å². The number of thiazole rings is 1. The van der Waals surface area contributed by atoms with Crippen molar-refractivity contribution in [3.05, 3.63) is 70.2 Å². The molecule has 1 amide bonds. The van der Waals surface area contributed by atoms with Crippen LogP contribution >= 0.6 is 11.3 Å². The summed E-state index contributed by atoms with van der Waals surface area (Å²) in [6, 6.07) is 13.9. The Kier molecular flexibility index (Phi) is 5.52. The number of amides is 1. The number of aromatic carboxylic acids is 1. The van der Waals surface area contributed by atoms with Crippen LogP contribution in [0.15, 0.2) is 48.5 Å². The quantitative estimate of drug-likeness (QED) is 0.678. The van der Waals surface area contributed by atoms with Crippen molar-refractivity contribution >= 4 is 23.2 Å². The van der Waals surface area contributed by atoms with Gasteiger partial charge in [-0.05, 0) is 36.8 Å². The van der Waals surface area contributed by atoms with Gasteiger partial charge in [0.25, 0.3) is 5.91 Å². The van der Waals surface area contributed by atoms with Crippen LogP contribution in [0.2, 0.25) is 0 Å². The Bertz CT molecular complexity index is 980. The van der Waals surface area contributed by atoms with Gasteiger partial charge in [0.05, 0.1) is 18.4 Å². The van der Waals surface area contributed by atoms with E-state index in [1.54, 1.807) is 26.2 Å². The van der Waals surface area contributed by atoms with Crippen molar-refractivity contribution in [2.45, 2.75) is 13.5 Å². The van der Waals surface area contributed by atoms with Crippen LogP contribution in [0.4, 0.5) is 0 Å². The van der Waals surface area contributed by atoms with Crippen molar-refractivity contribution in [3.8, 4) is 16.3 Å². The van der Waals surface area contributed by atoms with E-state index in [0.717, 1.165) is 21.9 Å². The van der Waals surface area contributed by atoms with E-state index in [4.69, 9.17) is 9.84 Å². The first-order valence-corrected chi connectivity index (χ1v) is 9.02. The molecule has 0 bridgehead atoms. The third-order valence-electron chi connectivity index (χ3n) is 3.97. The molecule has 0 radical (unpaired) electrons. The van der Waals surface area contributed by atoms with Crippen LogP contribution in [0, 0.1) is 6.92 Å². The lowest BCUT2D eigenvalue weighted by Gasteiger charge is -2.05. The van der Waals surface area contributed by atoms with Crippen molar-refractivity contribution < 1.29 is 19.4 Å². The molecule has 2 aromatic carbocycles. The highest BCUT2D eigenvalue weighted by molar-refractivity contribution is 7.17. The third-order valence-corrected chi connectivity index (χ3v) is 5.18. The highest BCUT2D eigenvalue weighted by atomic mass is 32.1. The molecule has 0 spiro atoms. The van der Waals surface area contributed by atoms with Crippen LogP contribution in [0.5, 0.6) is 5.75 Å². The maximum atomic E-state index is 12.5. The summed E-state index contributed by atoms with van der Waals surface area (Å²) in [6.45, 7) is 2.11. The number of methoxy groups -OCH3 is 1. The Morgan fingerprint density at radius 3 is 2.59 bits per heavy atom. The minimum atomic E-state index is -0.976. The summed E-state index contributed by atoms with van der Waals surface area (Å²) in [4.78, 5) is 28.5. The molecule has 0 fully saturated rings. The summed E-state index contributed by atoms with van der Waals surface area (Å²) >= 11 is 1.32. The van der Waals surface area contributed by atoms with Crippen LogP contribution in [-0.4, -0.2) is 29.1 Å². The van der Waals surface area contributed by atoms with Crippen LogP contribution in [0.3, 0.4) is 0 Å². The second kappa shape index (κ2) is 8.01. The first kappa shape index (κ1) is 18.6. The molecule has 0 unspecified atom stereocenters. The maximum Gasteiger partial charge on any atom is 0.335 e. The summed E-state index contributed by atoms with van der Waals surface area (Å²) in [5, 5.41) is 12.5. The van der Waals surface area contributed by atoms with Crippen molar-refractivity contribution in [1.29, 1.82) is 0 Å². The first-order valence-electron chi connectivity index (χ1n) is 8.20. The Balaban J connectivity index is 1.71. The van der Waals surface area contributed by atoms with Gasteiger partial charge in [-0.3, -0.25) is 4.79 Å². The number of carboxylic acid groups (broad SMARTS) is 1. The van der Waals surface area contributed by atoms with Gasteiger partial charge in [0.2, 0.25) is 0 Å². The van der Waals surface area contributed by atoms with E-state index < -0.39 is 5.97 Å². The van der Waals surface area contributed by atoms with Crippen molar-refractivity contribution in [3.63, 3.8) is 0 Å². The number of aryl methyl sites for hydroxylation is 1. The summed E-state index contributed by atoms with van der Waals surface area (Å²) < 4.78 is 5.23. The van der Waals surface area contributed by atoms with Gasteiger partial charge in [-0.25, -0.2) is 9.78 Å². The van der Waals surface area contributed by atoms with Gasteiger partial charge in [0, 0.05) is 12.1 Å². The fraction of sp³-hybridized carbons (Fsp3) is 0.150. The van der Waals surface area contributed by atoms with Gasteiger partial charge < -0.3 is 15.2 Å². The number of nitrogens with zero attached hydrogens (tertiary/aromatic N) is 1. The number of carbonyl (C=O) groups is 2. The molecule has 0 saturated heterocycles. The van der Waals surface area contributed by atoms with E-state index in [2.05, 4.69) is 10.3 Å². The monoisotopic (exact) mass is 382 g/mol. The molecular formula is C20H18N2O4S. The highest BCUT2D eigenvalue weighted by Gasteiger charge is 2.16. The maximum absolute atomic E-state index is 12.5. The smallest absolute Gasteiger partial charge is 0.335 e. The minimum absolute atomic E-state index is 0.207. The molecule has 6 nitrogen and oxygen atoms in total. The predicted molar refractivity (Wildman–Crippen MR) is 103 cm³/mol. The summed E-state index contributed by atoms with van der Waals surface area (Å²) in [5.41, 5.74) is 2.59. The second-order valence-corrected chi connectivity index (χ2v) is 6.85. The average molecular weight is 382 g/mol. The zero-order chi connectivity index (χ0) is 19.4. The minimum Gasteiger partial charge on any atom is -0.497 e. The SMILES string of the molecule is COc1cccc(-c2nc(C)c(C(=O)NCc3ccc(C(=O)O)cc3)s2)c1.